The van der Waals surface area contributed by atoms with E-state index in [1.807, 2.05) is 13.8 Å². The standard InChI is InChI=1S/C14H19N3O3/c1-9(2)8-16(10-6-7-10)14(18)11-4-3-5-12(13(11)15)17(19)20/h3-5,9-10H,6-8,15H2,1-2H3. The first-order chi connectivity index (χ1) is 9.41. The average Bonchev–Trinajstić information content (AvgIpc) is 3.19. The molecule has 0 aromatic heterocycles. The number of para-hydroxylation sites is 1. The van der Waals surface area contributed by atoms with E-state index >= 15 is 0 Å². The number of carbonyl (C=O) groups excluding carboxylic acids is 1. The molecule has 6 heteroatoms. The Bertz CT molecular complexity index is 538. The van der Waals surface area contributed by atoms with Gasteiger partial charge in [-0.25, -0.2) is 0 Å². The number of anilines is 1. The highest BCUT2D eigenvalue weighted by Gasteiger charge is 2.34. The van der Waals surface area contributed by atoms with Crippen LogP contribution in [-0.4, -0.2) is 28.3 Å². The van der Waals surface area contributed by atoms with Gasteiger partial charge in [0, 0.05) is 18.7 Å². The van der Waals surface area contributed by atoms with Gasteiger partial charge < -0.3 is 10.6 Å². The Morgan fingerprint density at radius 3 is 2.65 bits per heavy atom. The maximum Gasteiger partial charge on any atom is 0.292 e. The third-order valence-electron chi connectivity index (χ3n) is 3.32. The zero-order valence-corrected chi connectivity index (χ0v) is 11.7. The van der Waals surface area contributed by atoms with Gasteiger partial charge in [-0.05, 0) is 24.8 Å². The summed E-state index contributed by atoms with van der Waals surface area (Å²) < 4.78 is 0. The summed E-state index contributed by atoms with van der Waals surface area (Å²) in [6.45, 7) is 4.73. The molecule has 0 aliphatic heterocycles. The van der Waals surface area contributed by atoms with Gasteiger partial charge in [0.15, 0.2) is 0 Å². The Labute approximate surface area is 117 Å². The molecule has 20 heavy (non-hydrogen) atoms. The van der Waals surface area contributed by atoms with Gasteiger partial charge in [-0.2, -0.15) is 0 Å². The van der Waals surface area contributed by atoms with Crippen LogP contribution in [0.2, 0.25) is 0 Å². The monoisotopic (exact) mass is 277 g/mol. The minimum Gasteiger partial charge on any atom is -0.393 e. The van der Waals surface area contributed by atoms with Gasteiger partial charge in [0.2, 0.25) is 0 Å². The summed E-state index contributed by atoms with van der Waals surface area (Å²) in [5.74, 6) is 0.141. The minimum absolute atomic E-state index is 0.0445. The van der Waals surface area contributed by atoms with Crippen molar-refractivity contribution in [2.45, 2.75) is 32.7 Å². The second-order valence-corrected chi connectivity index (χ2v) is 5.58. The van der Waals surface area contributed by atoms with E-state index in [0.29, 0.717) is 12.5 Å². The Morgan fingerprint density at radius 1 is 1.50 bits per heavy atom. The molecule has 1 aromatic carbocycles. The minimum atomic E-state index is -0.560. The van der Waals surface area contributed by atoms with Crippen LogP contribution >= 0.6 is 0 Å². The van der Waals surface area contributed by atoms with Crippen LogP contribution in [-0.2, 0) is 0 Å². The van der Waals surface area contributed by atoms with Crippen LogP contribution in [0.25, 0.3) is 0 Å². The molecule has 1 aliphatic carbocycles. The Balaban J connectivity index is 2.32. The van der Waals surface area contributed by atoms with Crippen LogP contribution in [0.5, 0.6) is 0 Å². The highest BCUT2D eigenvalue weighted by Crippen LogP contribution is 2.32. The topological polar surface area (TPSA) is 89.5 Å². The van der Waals surface area contributed by atoms with Crippen molar-refractivity contribution in [2.24, 2.45) is 5.92 Å². The molecule has 1 saturated carbocycles. The molecule has 0 bridgehead atoms. The number of nitrogen functional groups attached to an aromatic ring is 1. The number of carbonyl (C=O) groups is 1. The molecule has 0 saturated heterocycles. The molecule has 0 spiro atoms. The van der Waals surface area contributed by atoms with Gasteiger partial charge in [-0.1, -0.05) is 19.9 Å². The number of benzene rings is 1. The highest BCUT2D eigenvalue weighted by molar-refractivity contribution is 6.01. The molecule has 1 amide bonds. The molecule has 2 N–H and O–H groups in total. The quantitative estimate of drug-likeness (QED) is 0.508. The van der Waals surface area contributed by atoms with Crippen molar-refractivity contribution in [3.8, 4) is 0 Å². The largest absolute Gasteiger partial charge is 0.393 e. The second-order valence-electron chi connectivity index (χ2n) is 5.58. The lowest BCUT2D eigenvalue weighted by atomic mass is 10.1. The van der Waals surface area contributed by atoms with Crippen LogP contribution in [0.4, 0.5) is 11.4 Å². The van der Waals surface area contributed by atoms with Crippen molar-refractivity contribution in [2.75, 3.05) is 12.3 Å². The smallest absolute Gasteiger partial charge is 0.292 e. The molecule has 0 unspecified atom stereocenters. The lowest BCUT2D eigenvalue weighted by molar-refractivity contribution is -0.383. The maximum absolute atomic E-state index is 12.6. The van der Waals surface area contributed by atoms with E-state index in [9.17, 15) is 14.9 Å². The fraction of sp³-hybridized carbons (Fsp3) is 0.500. The molecule has 0 atom stereocenters. The third-order valence-corrected chi connectivity index (χ3v) is 3.32. The van der Waals surface area contributed by atoms with E-state index in [2.05, 4.69) is 0 Å². The molecule has 0 radical (unpaired) electrons. The van der Waals surface area contributed by atoms with Crippen LogP contribution in [0.3, 0.4) is 0 Å². The number of nitro benzene ring substituents is 1. The maximum atomic E-state index is 12.6. The van der Waals surface area contributed by atoms with Crippen molar-refractivity contribution >= 4 is 17.3 Å². The first-order valence-electron chi connectivity index (χ1n) is 6.75. The number of hydrogen-bond acceptors (Lipinski definition) is 4. The van der Waals surface area contributed by atoms with Gasteiger partial charge in [0.05, 0.1) is 10.5 Å². The average molecular weight is 277 g/mol. The van der Waals surface area contributed by atoms with Crippen LogP contribution < -0.4 is 5.73 Å². The number of amides is 1. The van der Waals surface area contributed by atoms with Gasteiger partial charge in [0.1, 0.15) is 5.69 Å². The van der Waals surface area contributed by atoms with Crippen LogP contribution in [0.1, 0.15) is 37.0 Å². The lowest BCUT2D eigenvalue weighted by Crippen LogP contribution is -2.36. The Hall–Kier alpha value is -2.11. The van der Waals surface area contributed by atoms with Crippen molar-refractivity contribution in [3.63, 3.8) is 0 Å². The normalized spacial score (nSPS) is 14.3. The summed E-state index contributed by atoms with van der Waals surface area (Å²) in [4.78, 5) is 24.7. The zero-order chi connectivity index (χ0) is 14.9. The van der Waals surface area contributed by atoms with E-state index in [1.165, 1.54) is 12.1 Å². The molecule has 108 valence electrons. The zero-order valence-electron chi connectivity index (χ0n) is 11.7. The summed E-state index contributed by atoms with van der Waals surface area (Å²) in [7, 11) is 0. The van der Waals surface area contributed by atoms with Gasteiger partial charge >= 0.3 is 0 Å². The van der Waals surface area contributed by atoms with Crippen molar-refractivity contribution in [1.82, 2.24) is 4.90 Å². The van der Waals surface area contributed by atoms with Crippen molar-refractivity contribution in [3.05, 3.63) is 33.9 Å². The predicted molar refractivity (Wildman–Crippen MR) is 76.4 cm³/mol. The van der Waals surface area contributed by atoms with E-state index in [4.69, 9.17) is 5.73 Å². The fourth-order valence-corrected chi connectivity index (χ4v) is 2.23. The SMILES string of the molecule is CC(C)CN(C(=O)c1cccc([N+](=O)[O-])c1N)C1CC1. The third kappa shape index (κ3) is 2.89. The predicted octanol–water partition coefficient (Wildman–Crippen LogP) is 2.44. The fourth-order valence-electron chi connectivity index (χ4n) is 2.23. The van der Waals surface area contributed by atoms with Crippen molar-refractivity contribution < 1.29 is 9.72 Å². The number of nitrogens with two attached hydrogens (primary N) is 1. The van der Waals surface area contributed by atoms with Gasteiger partial charge in [-0.3, -0.25) is 14.9 Å². The molecular weight excluding hydrogens is 258 g/mol. The number of nitro groups is 1. The van der Waals surface area contributed by atoms with Crippen LogP contribution in [0, 0.1) is 16.0 Å². The Kier molecular flexibility index (Phi) is 3.92. The van der Waals surface area contributed by atoms with E-state index in [0.717, 1.165) is 12.8 Å². The van der Waals surface area contributed by atoms with Crippen LogP contribution in [0.15, 0.2) is 18.2 Å². The first kappa shape index (κ1) is 14.3. The number of rotatable bonds is 5. The molecular formula is C14H19N3O3. The van der Waals surface area contributed by atoms with E-state index in [-0.39, 0.29) is 28.9 Å². The summed E-state index contributed by atoms with van der Waals surface area (Å²) in [6, 6.07) is 4.63. The van der Waals surface area contributed by atoms with Crippen molar-refractivity contribution in [1.29, 1.82) is 0 Å². The number of nitrogens with zero attached hydrogens (tertiary/aromatic N) is 2. The van der Waals surface area contributed by atoms with E-state index < -0.39 is 4.92 Å². The second kappa shape index (κ2) is 5.48. The summed E-state index contributed by atoms with van der Waals surface area (Å²) in [6.07, 6.45) is 1.99. The summed E-state index contributed by atoms with van der Waals surface area (Å²) in [5, 5.41) is 10.9. The van der Waals surface area contributed by atoms with Gasteiger partial charge in [-0.15, -0.1) is 0 Å². The molecule has 2 rings (SSSR count). The van der Waals surface area contributed by atoms with E-state index in [1.54, 1.807) is 11.0 Å². The van der Waals surface area contributed by atoms with Gasteiger partial charge in [0.25, 0.3) is 11.6 Å². The summed E-state index contributed by atoms with van der Waals surface area (Å²) >= 11 is 0. The lowest BCUT2D eigenvalue weighted by Gasteiger charge is -2.25. The first-order valence-corrected chi connectivity index (χ1v) is 6.75. The highest BCUT2D eigenvalue weighted by atomic mass is 16.6. The Morgan fingerprint density at radius 2 is 2.15 bits per heavy atom. The molecule has 1 fully saturated rings. The summed E-state index contributed by atoms with van der Waals surface area (Å²) in [5.41, 5.74) is 5.76. The molecule has 1 aliphatic rings. The molecule has 6 nitrogen and oxygen atoms in total. The molecule has 1 aromatic rings. The number of hydrogen-bond donors (Lipinski definition) is 1. The molecule has 0 heterocycles.